The second-order valence-electron chi connectivity index (χ2n) is 4.04. The van der Waals surface area contributed by atoms with Crippen LogP contribution in [0.25, 0.3) is 0 Å². The van der Waals surface area contributed by atoms with Crippen molar-refractivity contribution in [2.45, 2.75) is 17.2 Å². The molecule has 0 saturated heterocycles. The van der Waals surface area contributed by atoms with E-state index in [1.807, 2.05) is 6.07 Å². The first-order valence-electron chi connectivity index (χ1n) is 5.73. The molecule has 0 atom stereocenters. The Morgan fingerprint density at radius 2 is 2.10 bits per heavy atom. The Kier molecular flexibility index (Phi) is 4.48. The van der Waals surface area contributed by atoms with Crippen molar-refractivity contribution in [2.75, 3.05) is 0 Å². The summed E-state index contributed by atoms with van der Waals surface area (Å²) in [5.41, 5.74) is 0.682. The van der Waals surface area contributed by atoms with Gasteiger partial charge in [0.15, 0.2) is 0 Å². The number of primary sulfonamides is 1. The molecule has 106 valence electrons. The maximum atomic E-state index is 11.7. The van der Waals surface area contributed by atoms with Crippen LogP contribution in [0.5, 0.6) is 0 Å². The highest BCUT2D eigenvalue weighted by Crippen LogP contribution is 2.19. The van der Waals surface area contributed by atoms with E-state index in [1.165, 1.54) is 6.07 Å². The molecule has 0 spiro atoms. The molecule has 0 unspecified atom stereocenters. The Hall–Kier alpha value is -1.77. The van der Waals surface area contributed by atoms with Crippen molar-refractivity contribution in [3.8, 4) is 0 Å². The minimum atomic E-state index is -3.67. The average molecular weight is 311 g/mol. The van der Waals surface area contributed by atoms with Gasteiger partial charge < -0.3 is 5.32 Å². The Bertz CT molecular complexity index is 696. The average Bonchev–Trinajstić information content (AvgIpc) is 2.86. The summed E-state index contributed by atoms with van der Waals surface area (Å²) < 4.78 is 22.3. The fourth-order valence-electron chi connectivity index (χ4n) is 1.52. The van der Waals surface area contributed by atoms with E-state index in [4.69, 9.17) is 5.14 Å². The van der Waals surface area contributed by atoms with Crippen LogP contribution in [0, 0.1) is 0 Å². The SMILES string of the molecule is NS(=O)(=O)c1ccc(CNC(=O)Cc2ccccn2)s1. The Morgan fingerprint density at radius 1 is 1.30 bits per heavy atom. The number of hydrogen-bond donors (Lipinski definition) is 2. The third kappa shape index (κ3) is 4.12. The van der Waals surface area contributed by atoms with Gasteiger partial charge in [-0.15, -0.1) is 11.3 Å². The third-order valence-electron chi connectivity index (χ3n) is 2.45. The van der Waals surface area contributed by atoms with Crippen LogP contribution in [0.3, 0.4) is 0 Å². The first kappa shape index (κ1) is 14.6. The van der Waals surface area contributed by atoms with Gasteiger partial charge >= 0.3 is 0 Å². The number of nitrogens with two attached hydrogens (primary N) is 1. The van der Waals surface area contributed by atoms with Crippen molar-refractivity contribution in [1.29, 1.82) is 0 Å². The second-order valence-corrected chi connectivity index (χ2v) is 7.00. The summed E-state index contributed by atoms with van der Waals surface area (Å²) in [6, 6.07) is 8.42. The summed E-state index contributed by atoms with van der Waals surface area (Å²) in [5, 5.41) is 7.72. The van der Waals surface area contributed by atoms with Gasteiger partial charge in [0.05, 0.1) is 13.0 Å². The summed E-state index contributed by atoms with van der Waals surface area (Å²) in [6.45, 7) is 0.270. The van der Waals surface area contributed by atoms with Crippen molar-refractivity contribution >= 4 is 27.3 Å². The lowest BCUT2D eigenvalue weighted by Gasteiger charge is -2.03. The number of amides is 1. The van der Waals surface area contributed by atoms with Gasteiger partial charge in [0, 0.05) is 16.8 Å². The minimum absolute atomic E-state index is 0.0893. The van der Waals surface area contributed by atoms with Gasteiger partial charge in [-0.1, -0.05) is 6.07 Å². The molecule has 0 radical (unpaired) electrons. The quantitative estimate of drug-likeness (QED) is 0.846. The van der Waals surface area contributed by atoms with Gasteiger partial charge in [-0.05, 0) is 24.3 Å². The molecule has 1 amide bonds. The van der Waals surface area contributed by atoms with E-state index in [0.29, 0.717) is 5.69 Å². The summed E-state index contributed by atoms with van der Waals surface area (Å²) in [5.74, 6) is -0.172. The maximum absolute atomic E-state index is 11.7. The fraction of sp³-hybridized carbons (Fsp3) is 0.167. The predicted octanol–water partition coefficient (Wildman–Crippen LogP) is 0.649. The van der Waals surface area contributed by atoms with Gasteiger partial charge in [0.2, 0.25) is 15.9 Å². The number of rotatable bonds is 5. The van der Waals surface area contributed by atoms with Crippen LogP contribution < -0.4 is 10.5 Å². The second kappa shape index (κ2) is 6.12. The molecule has 2 heterocycles. The summed E-state index contributed by atoms with van der Waals surface area (Å²) in [7, 11) is -3.67. The molecular weight excluding hydrogens is 298 g/mol. The Balaban J connectivity index is 1.89. The van der Waals surface area contributed by atoms with Gasteiger partial charge in [-0.3, -0.25) is 9.78 Å². The van der Waals surface area contributed by atoms with E-state index in [1.54, 1.807) is 24.4 Å². The molecule has 2 rings (SSSR count). The lowest BCUT2D eigenvalue weighted by atomic mass is 10.2. The van der Waals surface area contributed by atoms with Crippen LogP contribution in [-0.4, -0.2) is 19.3 Å². The van der Waals surface area contributed by atoms with Crippen molar-refractivity contribution < 1.29 is 13.2 Å². The number of pyridine rings is 1. The lowest BCUT2D eigenvalue weighted by Crippen LogP contribution is -2.24. The maximum Gasteiger partial charge on any atom is 0.247 e. The molecule has 8 heteroatoms. The number of aromatic nitrogens is 1. The largest absolute Gasteiger partial charge is 0.351 e. The van der Waals surface area contributed by atoms with E-state index in [-0.39, 0.29) is 23.1 Å². The zero-order chi connectivity index (χ0) is 14.6. The van der Waals surface area contributed by atoms with E-state index >= 15 is 0 Å². The molecule has 2 aromatic rings. The Labute approximate surface area is 120 Å². The first-order valence-corrected chi connectivity index (χ1v) is 8.09. The molecule has 0 aliphatic rings. The number of carbonyl (C=O) groups is 1. The molecule has 3 N–H and O–H groups in total. The Morgan fingerprint density at radius 3 is 2.70 bits per heavy atom. The van der Waals surface area contributed by atoms with E-state index < -0.39 is 10.0 Å². The minimum Gasteiger partial charge on any atom is -0.351 e. The predicted molar refractivity (Wildman–Crippen MR) is 75.5 cm³/mol. The summed E-state index contributed by atoms with van der Waals surface area (Å²) >= 11 is 1.04. The van der Waals surface area contributed by atoms with Gasteiger partial charge in [-0.25, -0.2) is 13.6 Å². The van der Waals surface area contributed by atoms with Gasteiger partial charge in [-0.2, -0.15) is 0 Å². The third-order valence-corrected chi connectivity index (χ3v) is 4.97. The highest BCUT2D eigenvalue weighted by atomic mass is 32.2. The van der Waals surface area contributed by atoms with Crippen molar-refractivity contribution in [1.82, 2.24) is 10.3 Å². The van der Waals surface area contributed by atoms with Crippen LogP contribution >= 0.6 is 11.3 Å². The highest BCUT2D eigenvalue weighted by molar-refractivity contribution is 7.91. The van der Waals surface area contributed by atoms with Crippen LogP contribution in [0.4, 0.5) is 0 Å². The molecule has 0 aromatic carbocycles. The number of thiophene rings is 1. The summed E-state index contributed by atoms with van der Waals surface area (Å²) in [6.07, 6.45) is 1.81. The topological polar surface area (TPSA) is 102 Å². The van der Waals surface area contributed by atoms with Crippen molar-refractivity contribution in [3.05, 3.63) is 47.1 Å². The van der Waals surface area contributed by atoms with Crippen molar-refractivity contribution in [3.63, 3.8) is 0 Å². The molecule has 0 bridgehead atoms. The van der Waals surface area contributed by atoms with Crippen molar-refractivity contribution in [2.24, 2.45) is 5.14 Å². The normalized spacial score (nSPS) is 11.2. The first-order chi connectivity index (χ1) is 9.45. The molecule has 0 fully saturated rings. The molecule has 2 aromatic heterocycles. The van der Waals surface area contributed by atoms with Crippen LogP contribution in [-0.2, 0) is 27.8 Å². The van der Waals surface area contributed by atoms with Gasteiger partial charge in [0.25, 0.3) is 0 Å². The number of sulfonamides is 1. The molecule has 0 saturated carbocycles. The summed E-state index contributed by atoms with van der Waals surface area (Å²) in [4.78, 5) is 16.5. The van der Waals surface area contributed by atoms with E-state index in [2.05, 4.69) is 10.3 Å². The standard InChI is InChI=1S/C12H13N3O3S2/c13-20(17,18)12-5-4-10(19-12)8-15-11(16)7-9-3-1-2-6-14-9/h1-6H,7-8H2,(H,15,16)(H2,13,17,18). The molecule has 0 aliphatic heterocycles. The van der Waals surface area contributed by atoms with E-state index in [0.717, 1.165) is 16.2 Å². The number of nitrogens with one attached hydrogen (secondary N) is 1. The monoisotopic (exact) mass is 311 g/mol. The fourth-order valence-corrected chi connectivity index (χ4v) is 3.24. The highest BCUT2D eigenvalue weighted by Gasteiger charge is 2.11. The zero-order valence-electron chi connectivity index (χ0n) is 10.4. The van der Waals surface area contributed by atoms with Crippen LogP contribution in [0.1, 0.15) is 10.6 Å². The smallest absolute Gasteiger partial charge is 0.247 e. The zero-order valence-corrected chi connectivity index (χ0v) is 12.1. The van der Waals surface area contributed by atoms with Gasteiger partial charge in [0.1, 0.15) is 4.21 Å². The number of carbonyl (C=O) groups excluding carboxylic acids is 1. The molecule has 0 aliphatic carbocycles. The molecule has 20 heavy (non-hydrogen) atoms. The molecule has 6 nitrogen and oxygen atoms in total. The number of nitrogens with zero attached hydrogens (tertiary/aromatic N) is 1. The lowest BCUT2D eigenvalue weighted by molar-refractivity contribution is -0.120. The number of hydrogen-bond acceptors (Lipinski definition) is 5. The van der Waals surface area contributed by atoms with E-state index in [9.17, 15) is 13.2 Å². The van der Waals surface area contributed by atoms with Crippen LogP contribution in [0.15, 0.2) is 40.7 Å². The van der Waals surface area contributed by atoms with Crippen LogP contribution in [0.2, 0.25) is 0 Å². The molecular formula is C12H13N3O3S2.